The van der Waals surface area contributed by atoms with Gasteiger partial charge < -0.3 is 15.8 Å². The summed E-state index contributed by atoms with van der Waals surface area (Å²) in [4.78, 5) is 10.7. The van der Waals surface area contributed by atoms with E-state index in [1.807, 2.05) is 0 Å². The second kappa shape index (κ2) is 5.72. The Kier molecular flexibility index (Phi) is 4.55. The number of alkyl halides is 3. The third kappa shape index (κ3) is 5.05. The molecule has 0 heterocycles. The smallest absolute Gasteiger partial charge is 0.406 e. The van der Waals surface area contributed by atoms with Crippen molar-refractivity contribution in [2.45, 2.75) is 25.9 Å². The molecule has 0 aliphatic carbocycles. The largest absolute Gasteiger partial charge is 0.573 e. The highest BCUT2D eigenvalue weighted by Gasteiger charge is 2.30. The van der Waals surface area contributed by atoms with Crippen molar-refractivity contribution >= 4 is 5.91 Å². The number of benzene rings is 1. The van der Waals surface area contributed by atoms with Gasteiger partial charge in [0.15, 0.2) is 0 Å². The molecule has 0 spiro atoms. The Morgan fingerprint density at radius 3 is 2.39 bits per heavy atom. The van der Waals surface area contributed by atoms with Crippen LogP contribution in [0.2, 0.25) is 0 Å². The number of nitrogens with two attached hydrogens (primary N) is 1. The predicted octanol–water partition coefficient (Wildman–Crippen LogP) is 1.55. The standard InChI is InChI=1S/C11H13F3N2O2/c1-7(10(15)17)16-6-8-2-4-9(5-3-8)18-11(12,13)14/h2-5,7,16H,6H2,1H3,(H2,15,17). The molecule has 1 aromatic rings. The molecule has 0 saturated carbocycles. The van der Waals surface area contributed by atoms with Crippen molar-refractivity contribution in [3.05, 3.63) is 29.8 Å². The summed E-state index contributed by atoms with van der Waals surface area (Å²) in [5.74, 6) is -0.777. The maximum absolute atomic E-state index is 11.9. The lowest BCUT2D eigenvalue weighted by atomic mass is 10.2. The summed E-state index contributed by atoms with van der Waals surface area (Å²) in [6, 6.07) is 4.86. The van der Waals surface area contributed by atoms with E-state index in [-0.39, 0.29) is 5.75 Å². The molecule has 1 aromatic carbocycles. The first-order valence-corrected chi connectivity index (χ1v) is 5.15. The minimum Gasteiger partial charge on any atom is -0.406 e. The van der Waals surface area contributed by atoms with Gasteiger partial charge in [-0.2, -0.15) is 0 Å². The maximum atomic E-state index is 11.9. The van der Waals surface area contributed by atoms with E-state index in [0.717, 1.165) is 5.56 Å². The number of hydrogen-bond acceptors (Lipinski definition) is 3. The minimum absolute atomic E-state index is 0.283. The van der Waals surface area contributed by atoms with Gasteiger partial charge >= 0.3 is 6.36 Å². The molecule has 0 fully saturated rings. The van der Waals surface area contributed by atoms with Crippen LogP contribution in [-0.2, 0) is 11.3 Å². The second-order valence-corrected chi connectivity index (χ2v) is 3.70. The number of amides is 1. The van der Waals surface area contributed by atoms with Crippen LogP contribution in [0.25, 0.3) is 0 Å². The van der Waals surface area contributed by atoms with Crippen LogP contribution >= 0.6 is 0 Å². The molecule has 0 aliphatic rings. The predicted molar refractivity (Wildman–Crippen MR) is 58.6 cm³/mol. The monoisotopic (exact) mass is 262 g/mol. The summed E-state index contributed by atoms with van der Waals surface area (Å²) in [5, 5.41) is 2.83. The number of rotatable bonds is 5. The molecule has 0 aliphatic heterocycles. The normalized spacial score (nSPS) is 13.1. The number of carbonyl (C=O) groups is 1. The fourth-order valence-corrected chi connectivity index (χ4v) is 1.18. The number of ether oxygens (including phenoxy) is 1. The zero-order valence-corrected chi connectivity index (χ0v) is 9.62. The zero-order valence-electron chi connectivity index (χ0n) is 9.62. The van der Waals surface area contributed by atoms with E-state index in [0.29, 0.717) is 6.54 Å². The van der Waals surface area contributed by atoms with Crippen LogP contribution in [-0.4, -0.2) is 18.3 Å². The third-order valence-electron chi connectivity index (χ3n) is 2.20. The number of halogens is 3. The SMILES string of the molecule is CC(NCc1ccc(OC(F)(F)F)cc1)C(N)=O. The Hall–Kier alpha value is -1.76. The lowest BCUT2D eigenvalue weighted by Gasteiger charge is -2.11. The van der Waals surface area contributed by atoms with E-state index in [9.17, 15) is 18.0 Å². The first-order valence-electron chi connectivity index (χ1n) is 5.15. The van der Waals surface area contributed by atoms with Gasteiger partial charge in [0.1, 0.15) is 5.75 Å². The van der Waals surface area contributed by atoms with E-state index >= 15 is 0 Å². The quantitative estimate of drug-likeness (QED) is 0.846. The highest BCUT2D eigenvalue weighted by molar-refractivity contribution is 5.79. The molecule has 0 radical (unpaired) electrons. The molecule has 3 N–H and O–H groups in total. The Bertz CT molecular complexity index is 404. The Morgan fingerprint density at radius 1 is 1.39 bits per heavy atom. The van der Waals surface area contributed by atoms with Gasteiger partial charge in [0.25, 0.3) is 0 Å². The molecule has 0 bridgehead atoms. The van der Waals surface area contributed by atoms with Crippen molar-refractivity contribution in [3.8, 4) is 5.75 Å². The van der Waals surface area contributed by atoms with E-state index in [2.05, 4.69) is 10.1 Å². The summed E-state index contributed by atoms with van der Waals surface area (Å²) < 4.78 is 39.4. The molecule has 18 heavy (non-hydrogen) atoms. The Morgan fingerprint density at radius 2 is 1.94 bits per heavy atom. The van der Waals surface area contributed by atoms with Crippen LogP contribution in [0, 0.1) is 0 Å². The molecule has 7 heteroatoms. The van der Waals surface area contributed by atoms with Crippen LogP contribution in [0.15, 0.2) is 24.3 Å². The summed E-state index contributed by atoms with van der Waals surface area (Å²) in [6.07, 6.45) is -4.69. The minimum atomic E-state index is -4.69. The van der Waals surface area contributed by atoms with Gasteiger partial charge in [-0.05, 0) is 24.6 Å². The van der Waals surface area contributed by atoms with E-state index in [1.165, 1.54) is 24.3 Å². The number of hydrogen-bond donors (Lipinski definition) is 2. The molecule has 1 rings (SSSR count). The Balaban J connectivity index is 2.53. The molecule has 0 saturated heterocycles. The van der Waals surface area contributed by atoms with E-state index < -0.39 is 18.3 Å². The Labute approximate surface area is 102 Å². The highest BCUT2D eigenvalue weighted by atomic mass is 19.4. The van der Waals surface area contributed by atoms with Gasteiger partial charge in [-0.25, -0.2) is 0 Å². The number of carbonyl (C=O) groups excluding carboxylic acids is 1. The van der Waals surface area contributed by atoms with Gasteiger partial charge in [0.05, 0.1) is 6.04 Å². The fraction of sp³-hybridized carbons (Fsp3) is 0.364. The molecule has 4 nitrogen and oxygen atoms in total. The van der Waals surface area contributed by atoms with Crippen molar-refractivity contribution in [3.63, 3.8) is 0 Å². The molecule has 0 aromatic heterocycles. The first-order chi connectivity index (χ1) is 8.28. The molecule has 1 amide bonds. The van der Waals surface area contributed by atoms with Crippen molar-refractivity contribution in [2.75, 3.05) is 0 Å². The summed E-state index contributed by atoms with van der Waals surface area (Å²) in [7, 11) is 0. The summed E-state index contributed by atoms with van der Waals surface area (Å²) in [5.41, 5.74) is 5.77. The van der Waals surface area contributed by atoms with Crippen molar-refractivity contribution < 1.29 is 22.7 Å². The first kappa shape index (κ1) is 14.3. The van der Waals surface area contributed by atoms with E-state index in [4.69, 9.17) is 5.73 Å². The maximum Gasteiger partial charge on any atom is 0.573 e. The van der Waals surface area contributed by atoms with Crippen molar-refractivity contribution in [1.82, 2.24) is 5.32 Å². The molecular weight excluding hydrogens is 249 g/mol. The van der Waals surface area contributed by atoms with Crippen LogP contribution in [0.1, 0.15) is 12.5 Å². The van der Waals surface area contributed by atoms with E-state index in [1.54, 1.807) is 6.92 Å². The average Bonchev–Trinajstić information content (AvgIpc) is 2.25. The van der Waals surface area contributed by atoms with Gasteiger partial charge in [-0.3, -0.25) is 4.79 Å². The van der Waals surface area contributed by atoms with Gasteiger partial charge in [0.2, 0.25) is 5.91 Å². The third-order valence-corrected chi connectivity index (χ3v) is 2.20. The number of primary amides is 1. The molecule has 100 valence electrons. The van der Waals surface area contributed by atoms with Gasteiger partial charge in [0, 0.05) is 6.54 Å². The average molecular weight is 262 g/mol. The van der Waals surface area contributed by atoms with Crippen molar-refractivity contribution in [2.24, 2.45) is 5.73 Å². The lowest BCUT2D eigenvalue weighted by molar-refractivity contribution is -0.274. The van der Waals surface area contributed by atoms with Crippen LogP contribution in [0.5, 0.6) is 5.75 Å². The van der Waals surface area contributed by atoms with Gasteiger partial charge in [-0.15, -0.1) is 13.2 Å². The number of nitrogens with one attached hydrogen (secondary N) is 1. The topological polar surface area (TPSA) is 64.3 Å². The van der Waals surface area contributed by atoms with Crippen molar-refractivity contribution in [1.29, 1.82) is 0 Å². The molecule has 1 atom stereocenters. The lowest BCUT2D eigenvalue weighted by Crippen LogP contribution is -2.38. The van der Waals surface area contributed by atoms with Crippen LogP contribution < -0.4 is 15.8 Å². The summed E-state index contributed by atoms with van der Waals surface area (Å²) >= 11 is 0. The van der Waals surface area contributed by atoms with Gasteiger partial charge in [-0.1, -0.05) is 12.1 Å². The highest BCUT2D eigenvalue weighted by Crippen LogP contribution is 2.22. The van der Waals surface area contributed by atoms with Crippen LogP contribution in [0.3, 0.4) is 0 Å². The molecule has 1 unspecified atom stereocenters. The summed E-state index contributed by atoms with van der Waals surface area (Å²) in [6.45, 7) is 1.93. The van der Waals surface area contributed by atoms with Crippen LogP contribution in [0.4, 0.5) is 13.2 Å². The molecular formula is C11H13F3N2O2. The second-order valence-electron chi connectivity index (χ2n) is 3.70. The zero-order chi connectivity index (χ0) is 13.8. The fourth-order valence-electron chi connectivity index (χ4n) is 1.18.